The molecule has 2 aromatic rings. The Balaban J connectivity index is 2.33. The SMILES string of the molecule is CCc1cccc(Oc2c(Cl)cccc2CN)c1. The van der Waals surface area contributed by atoms with Crippen LogP contribution in [0.15, 0.2) is 42.5 Å². The molecular formula is C15H16ClNO. The molecule has 0 aliphatic rings. The van der Waals surface area contributed by atoms with Gasteiger partial charge in [0.2, 0.25) is 0 Å². The highest BCUT2D eigenvalue weighted by molar-refractivity contribution is 6.32. The number of ether oxygens (including phenoxy) is 1. The zero-order chi connectivity index (χ0) is 13.0. The first-order chi connectivity index (χ1) is 8.74. The van der Waals surface area contributed by atoms with Crippen molar-refractivity contribution in [2.45, 2.75) is 19.9 Å². The molecule has 0 saturated heterocycles. The first-order valence-electron chi connectivity index (χ1n) is 5.99. The van der Waals surface area contributed by atoms with Gasteiger partial charge in [0.25, 0.3) is 0 Å². The van der Waals surface area contributed by atoms with Gasteiger partial charge in [0.05, 0.1) is 5.02 Å². The molecule has 94 valence electrons. The first-order valence-corrected chi connectivity index (χ1v) is 6.36. The molecule has 3 heteroatoms. The van der Waals surface area contributed by atoms with Crippen molar-refractivity contribution in [3.8, 4) is 11.5 Å². The van der Waals surface area contributed by atoms with Crippen LogP contribution in [0.4, 0.5) is 0 Å². The molecule has 0 aliphatic carbocycles. The monoisotopic (exact) mass is 261 g/mol. The largest absolute Gasteiger partial charge is 0.455 e. The molecular weight excluding hydrogens is 246 g/mol. The topological polar surface area (TPSA) is 35.2 Å². The maximum atomic E-state index is 6.15. The number of hydrogen-bond acceptors (Lipinski definition) is 2. The maximum Gasteiger partial charge on any atom is 0.150 e. The molecule has 0 heterocycles. The minimum absolute atomic E-state index is 0.406. The van der Waals surface area contributed by atoms with Crippen LogP contribution in [0.3, 0.4) is 0 Å². The van der Waals surface area contributed by atoms with Crippen molar-refractivity contribution in [3.05, 3.63) is 58.6 Å². The Kier molecular flexibility index (Phi) is 4.24. The number of halogens is 1. The van der Waals surface area contributed by atoms with Crippen molar-refractivity contribution < 1.29 is 4.74 Å². The molecule has 2 N–H and O–H groups in total. The summed E-state index contributed by atoms with van der Waals surface area (Å²) < 4.78 is 5.86. The van der Waals surface area contributed by atoms with Crippen molar-refractivity contribution in [2.75, 3.05) is 0 Å². The van der Waals surface area contributed by atoms with Gasteiger partial charge in [-0.25, -0.2) is 0 Å². The molecule has 0 bridgehead atoms. The van der Waals surface area contributed by atoms with E-state index in [1.165, 1.54) is 5.56 Å². The minimum Gasteiger partial charge on any atom is -0.455 e. The van der Waals surface area contributed by atoms with Gasteiger partial charge < -0.3 is 10.5 Å². The van der Waals surface area contributed by atoms with E-state index in [2.05, 4.69) is 13.0 Å². The lowest BCUT2D eigenvalue weighted by atomic mass is 10.1. The van der Waals surface area contributed by atoms with Crippen molar-refractivity contribution in [1.29, 1.82) is 0 Å². The van der Waals surface area contributed by atoms with Crippen LogP contribution in [0.1, 0.15) is 18.1 Å². The number of para-hydroxylation sites is 1. The molecule has 0 unspecified atom stereocenters. The summed E-state index contributed by atoms with van der Waals surface area (Å²) in [5, 5.41) is 0.583. The Hall–Kier alpha value is -1.51. The quantitative estimate of drug-likeness (QED) is 0.897. The number of aryl methyl sites for hydroxylation is 1. The van der Waals surface area contributed by atoms with Crippen LogP contribution in [0.25, 0.3) is 0 Å². The van der Waals surface area contributed by atoms with E-state index in [1.54, 1.807) is 6.07 Å². The second-order valence-electron chi connectivity index (χ2n) is 4.04. The fraction of sp³-hybridized carbons (Fsp3) is 0.200. The van der Waals surface area contributed by atoms with Gasteiger partial charge in [-0.2, -0.15) is 0 Å². The van der Waals surface area contributed by atoms with Crippen molar-refractivity contribution >= 4 is 11.6 Å². The Morgan fingerprint density at radius 1 is 1.17 bits per heavy atom. The van der Waals surface area contributed by atoms with Crippen molar-refractivity contribution in [1.82, 2.24) is 0 Å². The molecule has 0 aliphatic heterocycles. The predicted molar refractivity (Wildman–Crippen MR) is 75.2 cm³/mol. The molecule has 18 heavy (non-hydrogen) atoms. The Labute approximate surface area is 112 Å². The van der Waals surface area contributed by atoms with E-state index in [-0.39, 0.29) is 0 Å². The molecule has 0 saturated carbocycles. The van der Waals surface area contributed by atoms with Gasteiger partial charge in [-0.1, -0.05) is 42.8 Å². The standard InChI is InChI=1S/C15H16ClNO/c1-2-11-5-3-7-13(9-11)18-15-12(10-17)6-4-8-14(15)16/h3-9H,2,10,17H2,1H3. The van der Waals surface area contributed by atoms with Gasteiger partial charge in [-0.05, 0) is 30.2 Å². The van der Waals surface area contributed by atoms with Crippen LogP contribution >= 0.6 is 11.6 Å². The zero-order valence-corrected chi connectivity index (χ0v) is 11.1. The van der Waals surface area contributed by atoms with E-state index in [9.17, 15) is 0 Å². The third-order valence-corrected chi connectivity index (χ3v) is 3.09. The highest BCUT2D eigenvalue weighted by Crippen LogP contribution is 2.33. The van der Waals surface area contributed by atoms with Crippen LogP contribution < -0.4 is 10.5 Å². The summed E-state index contributed by atoms with van der Waals surface area (Å²) in [6.45, 7) is 2.52. The Morgan fingerprint density at radius 2 is 1.94 bits per heavy atom. The summed E-state index contributed by atoms with van der Waals surface area (Å²) in [6.07, 6.45) is 0.976. The Bertz CT molecular complexity index is 540. The number of rotatable bonds is 4. The molecule has 2 rings (SSSR count). The average Bonchev–Trinajstić information content (AvgIpc) is 2.41. The summed E-state index contributed by atoms with van der Waals surface area (Å²) in [6, 6.07) is 13.6. The van der Waals surface area contributed by atoms with Gasteiger partial charge in [-0.3, -0.25) is 0 Å². The number of benzene rings is 2. The fourth-order valence-corrected chi connectivity index (χ4v) is 2.01. The number of nitrogens with two attached hydrogens (primary N) is 1. The molecule has 0 spiro atoms. The lowest BCUT2D eigenvalue weighted by Gasteiger charge is -2.12. The van der Waals surface area contributed by atoms with Crippen molar-refractivity contribution in [3.63, 3.8) is 0 Å². The van der Waals surface area contributed by atoms with E-state index in [4.69, 9.17) is 22.1 Å². The van der Waals surface area contributed by atoms with Crippen LogP contribution in [-0.2, 0) is 13.0 Å². The molecule has 0 aromatic heterocycles. The van der Waals surface area contributed by atoms with Gasteiger partial charge in [0, 0.05) is 12.1 Å². The predicted octanol–water partition coefficient (Wildman–Crippen LogP) is 4.15. The summed E-state index contributed by atoms with van der Waals surface area (Å²) in [4.78, 5) is 0. The number of hydrogen-bond donors (Lipinski definition) is 1. The van der Waals surface area contributed by atoms with Crippen LogP contribution in [0.2, 0.25) is 5.02 Å². The van der Waals surface area contributed by atoms with E-state index in [1.807, 2.05) is 30.3 Å². The summed E-state index contributed by atoms with van der Waals surface area (Å²) in [5.74, 6) is 1.44. The Morgan fingerprint density at radius 3 is 2.67 bits per heavy atom. The van der Waals surface area contributed by atoms with Gasteiger partial charge in [-0.15, -0.1) is 0 Å². The molecule has 2 nitrogen and oxygen atoms in total. The molecule has 0 atom stereocenters. The second-order valence-corrected chi connectivity index (χ2v) is 4.44. The fourth-order valence-electron chi connectivity index (χ4n) is 1.78. The lowest BCUT2D eigenvalue weighted by molar-refractivity contribution is 0.476. The van der Waals surface area contributed by atoms with Crippen LogP contribution in [-0.4, -0.2) is 0 Å². The normalized spacial score (nSPS) is 10.4. The van der Waals surface area contributed by atoms with Gasteiger partial charge in [0.15, 0.2) is 0 Å². The summed E-state index contributed by atoms with van der Waals surface area (Å²) >= 11 is 6.15. The van der Waals surface area contributed by atoms with Crippen molar-refractivity contribution in [2.24, 2.45) is 5.73 Å². The van der Waals surface area contributed by atoms with E-state index < -0.39 is 0 Å². The second kappa shape index (κ2) is 5.89. The van der Waals surface area contributed by atoms with E-state index in [0.29, 0.717) is 17.3 Å². The molecule has 0 fully saturated rings. The smallest absolute Gasteiger partial charge is 0.150 e. The summed E-state index contributed by atoms with van der Waals surface area (Å²) in [5.41, 5.74) is 7.83. The molecule has 0 radical (unpaired) electrons. The van der Waals surface area contributed by atoms with Gasteiger partial charge in [0.1, 0.15) is 11.5 Å². The third kappa shape index (κ3) is 2.84. The highest BCUT2D eigenvalue weighted by atomic mass is 35.5. The molecule has 2 aromatic carbocycles. The van der Waals surface area contributed by atoms with Crippen LogP contribution in [0, 0.1) is 0 Å². The lowest BCUT2D eigenvalue weighted by Crippen LogP contribution is -2.00. The first kappa shape index (κ1) is 12.9. The molecule has 0 amide bonds. The summed E-state index contributed by atoms with van der Waals surface area (Å²) in [7, 11) is 0. The zero-order valence-electron chi connectivity index (χ0n) is 10.3. The van der Waals surface area contributed by atoms with Crippen LogP contribution in [0.5, 0.6) is 11.5 Å². The minimum atomic E-state index is 0.406. The third-order valence-electron chi connectivity index (χ3n) is 2.80. The maximum absolute atomic E-state index is 6.15. The van der Waals surface area contributed by atoms with E-state index in [0.717, 1.165) is 17.7 Å². The van der Waals surface area contributed by atoms with Gasteiger partial charge >= 0.3 is 0 Å². The van der Waals surface area contributed by atoms with E-state index >= 15 is 0 Å². The highest BCUT2D eigenvalue weighted by Gasteiger charge is 2.08. The average molecular weight is 262 g/mol.